The Labute approximate surface area is 487 Å². The molecule has 460 valence electrons. The highest BCUT2D eigenvalue weighted by molar-refractivity contribution is 5.76. The molecule has 0 aromatic rings. The van der Waals surface area contributed by atoms with Gasteiger partial charge in [-0.1, -0.05) is 346 Å². The number of ether oxygens (including phenoxy) is 1. The van der Waals surface area contributed by atoms with E-state index in [4.69, 9.17) is 4.74 Å². The van der Waals surface area contributed by atoms with Gasteiger partial charge in [-0.05, 0) is 64.2 Å². The molecule has 6 nitrogen and oxygen atoms in total. The number of carbonyl (C=O) groups excluding carboxylic acids is 2. The van der Waals surface area contributed by atoms with Crippen LogP contribution < -0.4 is 5.32 Å². The lowest BCUT2D eigenvalue weighted by Crippen LogP contribution is -2.45. The molecule has 3 N–H and O–H groups in total. The lowest BCUT2D eigenvalue weighted by molar-refractivity contribution is -0.143. The number of nitrogens with one attached hydrogen (secondary N) is 1. The van der Waals surface area contributed by atoms with Crippen molar-refractivity contribution < 1.29 is 24.5 Å². The Morgan fingerprint density at radius 2 is 0.641 bits per heavy atom. The van der Waals surface area contributed by atoms with E-state index in [0.717, 1.165) is 51.4 Å². The number of rotatable bonds is 66. The van der Waals surface area contributed by atoms with Crippen LogP contribution in [0.4, 0.5) is 0 Å². The molecule has 2 unspecified atom stereocenters. The summed E-state index contributed by atoms with van der Waals surface area (Å²) in [6.07, 6.45) is 86.5. The van der Waals surface area contributed by atoms with Gasteiger partial charge >= 0.3 is 5.97 Å². The highest BCUT2D eigenvalue weighted by Crippen LogP contribution is 2.19. The fourth-order valence-corrected chi connectivity index (χ4v) is 11.0. The van der Waals surface area contributed by atoms with Crippen molar-refractivity contribution in [2.45, 2.75) is 398 Å². The molecule has 0 rings (SSSR count). The van der Waals surface area contributed by atoms with Gasteiger partial charge in [0.2, 0.25) is 5.91 Å². The number of esters is 1. The van der Waals surface area contributed by atoms with Crippen molar-refractivity contribution in [3.05, 3.63) is 36.5 Å². The summed E-state index contributed by atoms with van der Waals surface area (Å²) in [5.74, 6) is -0.0531. The Morgan fingerprint density at radius 3 is 0.987 bits per heavy atom. The second-order valence-electron chi connectivity index (χ2n) is 24.2. The van der Waals surface area contributed by atoms with E-state index in [1.54, 1.807) is 6.08 Å². The topological polar surface area (TPSA) is 95.9 Å². The summed E-state index contributed by atoms with van der Waals surface area (Å²) in [5, 5.41) is 23.2. The molecule has 2 atom stereocenters. The predicted molar refractivity (Wildman–Crippen MR) is 343 cm³/mol. The molecular weight excluding hydrogens is 959 g/mol. The average Bonchev–Trinajstić information content (AvgIpc) is 3.44. The number of aliphatic hydroxyl groups is 2. The average molecular weight is 1100 g/mol. The largest absolute Gasteiger partial charge is 0.466 e. The van der Waals surface area contributed by atoms with E-state index in [2.05, 4.69) is 43.5 Å². The highest BCUT2D eigenvalue weighted by Gasteiger charge is 2.18. The first-order valence-corrected chi connectivity index (χ1v) is 35.3. The second-order valence-corrected chi connectivity index (χ2v) is 24.2. The first-order valence-electron chi connectivity index (χ1n) is 35.3. The molecule has 0 aliphatic heterocycles. The van der Waals surface area contributed by atoms with Crippen LogP contribution in [0.25, 0.3) is 0 Å². The molecule has 0 fully saturated rings. The Kier molecular flexibility index (Phi) is 65.9. The van der Waals surface area contributed by atoms with Gasteiger partial charge < -0.3 is 20.3 Å². The van der Waals surface area contributed by atoms with E-state index < -0.39 is 12.1 Å². The second kappa shape index (κ2) is 67.6. The van der Waals surface area contributed by atoms with Crippen molar-refractivity contribution in [2.75, 3.05) is 13.2 Å². The Morgan fingerprint density at radius 1 is 0.359 bits per heavy atom. The SMILES string of the molecule is CCCCCC/C=C\C/C=C\CCCCCCCCCC(=O)OCCCCCCCCCCCCCCCCCCCCCCCCCCCCC(=O)NC(CO)C(O)/C=C/CCCCCCCCCCCCCCCCC. The van der Waals surface area contributed by atoms with Gasteiger partial charge in [0, 0.05) is 12.8 Å². The lowest BCUT2D eigenvalue weighted by Gasteiger charge is -2.20. The van der Waals surface area contributed by atoms with E-state index in [0.29, 0.717) is 19.4 Å². The van der Waals surface area contributed by atoms with Crippen molar-refractivity contribution >= 4 is 11.9 Å². The zero-order valence-electron chi connectivity index (χ0n) is 52.7. The third-order valence-corrected chi connectivity index (χ3v) is 16.4. The molecular formula is C72H137NO5. The predicted octanol–water partition coefficient (Wildman–Crippen LogP) is 22.7. The van der Waals surface area contributed by atoms with Crippen LogP contribution in [0.1, 0.15) is 386 Å². The molecule has 1 amide bonds. The minimum absolute atomic E-state index is 0.00997. The van der Waals surface area contributed by atoms with Crippen LogP contribution in [-0.2, 0) is 14.3 Å². The summed E-state index contributed by atoms with van der Waals surface area (Å²) in [7, 11) is 0. The number of amides is 1. The van der Waals surface area contributed by atoms with E-state index >= 15 is 0 Å². The maximum Gasteiger partial charge on any atom is 0.305 e. The molecule has 0 radical (unpaired) electrons. The maximum absolute atomic E-state index is 12.5. The van der Waals surface area contributed by atoms with Gasteiger partial charge in [0.1, 0.15) is 0 Å². The van der Waals surface area contributed by atoms with Gasteiger partial charge in [-0.2, -0.15) is 0 Å². The molecule has 0 aromatic carbocycles. The summed E-state index contributed by atoms with van der Waals surface area (Å²) >= 11 is 0. The molecule has 0 aromatic heterocycles. The minimum atomic E-state index is -0.843. The van der Waals surface area contributed by atoms with E-state index in [-0.39, 0.29) is 18.5 Å². The maximum atomic E-state index is 12.5. The number of unbranched alkanes of at least 4 members (excludes halogenated alkanes) is 51. The molecule has 0 saturated heterocycles. The first kappa shape index (κ1) is 76.1. The summed E-state index contributed by atoms with van der Waals surface area (Å²) in [6.45, 7) is 4.92. The van der Waals surface area contributed by atoms with Crippen LogP contribution in [0.3, 0.4) is 0 Å². The summed E-state index contributed by atoms with van der Waals surface area (Å²) in [6, 6.07) is -0.627. The van der Waals surface area contributed by atoms with Gasteiger partial charge in [0.15, 0.2) is 0 Å². The van der Waals surface area contributed by atoms with Gasteiger partial charge in [-0.25, -0.2) is 0 Å². The van der Waals surface area contributed by atoms with Crippen LogP contribution in [-0.4, -0.2) is 47.4 Å². The first-order chi connectivity index (χ1) is 38.5. The number of hydrogen-bond donors (Lipinski definition) is 3. The molecule has 6 heteroatoms. The van der Waals surface area contributed by atoms with E-state index in [1.165, 1.54) is 308 Å². The summed E-state index contributed by atoms with van der Waals surface area (Å²) in [5.41, 5.74) is 0. The van der Waals surface area contributed by atoms with Crippen molar-refractivity contribution in [3.63, 3.8) is 0 Å². The van der Waals surface area contributed by atoms with Gasteiger partial charge in [-0.3, -0.25) is 9.59 Å². The van der Waals surface area contributed by atoms with Crippen molar-refractivity contribution in [2.24, 2.45) is 0 Å². The molecule has 0 aliphatic rings. The third kappa shape index (κ3) is 63.3. The smallest absolute Gasteiger partial charge is 0.305 e. The zero-order valence-corrected chi connectivity index (χ0v) is 52.7. The highest BCUT2D eigenvalue weighted by atomic mass is 16.5. The van der Waals surface area contributed by atoms with Crippen LogP contribution in [0.5, 0.6) is 0 Å². The number of aliphatic hydroxyl groups excluding tert-OH is 2. The van der Waals surface area contributed by atoms with Crippen LogP contribution in [0.15, 0.2) is 36.5 Å². The molecule has 0 aliphatic carbocycles. The van der Waals surface area contributed by atoms with E-state index in [9.17, 15) is 19.8 Å². The standard InChI is InChI=1S/C72H137NO5/c1-3-5-7-9-11-13-15-17-19-21-34-38-42-46-50-54-58-62-66-72(77)78-67-63-59-55-51-47-43-39-35-31-29-27-25-23-22-24-26-28-30-33-37-41-45-49-53-57-61-65-71(76)73-69(68-74)70(75)64-60-56-52-48-44-40-36-32-20-18-16-14-12-10-8-6-4-2/h13,15,19,21,60,64,69-70,74-75H,3-12,14,16-18,20,22-59,61-63,65-68H2,1-2H3,(H,73,76)/b15-13-,21-19-,64-60+. The quantitative estimate of drug-likeness (QED) is 0.0320. The molecule has 78 heavy (non-hydrogen) atoms. The number of hydrogen-bond acceptors (Lipinski definition) is 5. The summed E-state index contributed by atoms with van der Waals surface area (Å²) < 4.78 is 5.50. The van der Waals surface area contributed by atoms with E-state index in [1.807, 2.05) is 6.08 Å². The summed E-state index contributed by atoms with van der Waals surface area (Å²) in [4.78, 5) is 24.6. The fraction of sp³-hybridized carbons (Fsp3) is 0.889. The molecule has 0 spiro atoms. The van der Waals surface area contributed by atoms with Crippen molar-refractivity contribution in [3.8, 4) is 0 Å². The monoisotopic (exact) mass is 1100 g/mol. The molecule has 0 bridgehead atoms. The number of allylic oxidation sites excluding steroid dienone is 5. The number of carbonyl (C=O) groups is 2. The Bertz CT molecular complexity index is 1260. The normalized spacial score (nSPS) is 12.7. The molecule has 0 saturated carbocycles. The van der Waals surface area contributed by atoms with Crippen molar-refractivity contribution in [1.29, 1.82) is 0 Å². The van der Waals surface area contributed by atoms with Crippen LogP contribution >= 0.6 is 0 Å². The van der Waals surface area contributed by atoms with Crippen molar-refractivity contribution in [1.82, 2.24) is 5.32 Å². The fourth-order valence-electron chi connectivity index (χ4n) is 11.0. The van der Waals surface area contributed by atoms with Gasteiger partial charge in [-0.15, -0.1) is 0 Å². The van der Waals surface area contributed by atoms with Crippen LogP contribution in [0.2, 0.25) is 0 Å². The van der Waals surface area contributed by atoms with Crippen LogP contribution in [0, 0.1) is 0 Å². The Balaban J connectivity index is 3.37. The zero-order chi connectivity index (χ0) is 56.4. The molecule has 0 heterocycles. The van der Waals surface area contributed by atoms with Gasteiger partial charge in [0.05, 0.1) is 25.4 Å². The minimum Gasteiger partial charge on any atom is -0.466 e. The Hall–Kier alpha value is -1.92. The lowest BCUT2D eigenvalue weighted by atomic mass is 10.0. The third-order valence-electron chi connectivity index (χ3n) is 16.4. The van der Waals surface area contributed by atoms with Gasteiger partial charge in [0.25, 0.3) is 0 Å².